The number of sulfonamides is 4. The van der Waals surface area contributed by atoms with Gasteiger partial charge in [-0.1, -0.05) is 88.4 Å². The van der Waals surface area contributed by atoms with Crippen LogP contribution >= 0.6 is 0 Å². The molecule has 5 N–H and O–H groups in total. The summed E-state index contributed by atoms with van der Waals surface area (Å²) in [5.74, 6) is 3.24. The number of anilines is 5. The highest BCUT2D eigenvalue weighted by Crippen LogP contribution is 2.44. The number of carbonyl (C=O) groups is 2. The van der Waals surface area contributed by atoms with Gasteiger partial charge < -0.3 is 46.5 Å². The summed E-state index contributed by atoms with van der Waals surface area (Å²) in [6, 6.07) is 75.8. The van der Waals surface area contributed by atoms with Gasteiger partial charge in [-0.25, -0.2) is 38.5 Å². The fraction of sp³-hybridized carbons (Fsp3) is 0.274. The number of carbonyl (C=O) groups excluding carboxylic acids is 2. The van der Waals surface area contributed by atoms with Crippen molar-refractivity contribution in [2.75, 3.05) is 77.9 Å². The van der Waals surface area contributed by atoms with Crippen LogP contribution in [-0.2, 0) is 77.6 Å². The number of imide groups is 1. The highest BCUT2D eigenvalue weighted by atomic mass is 32.2. The smallest absolute Gasteiger partial charge is 0.329 e. The molecule has 728 valence electrons. The first-order chi connectivity index (χ1) is 67.7. The molecule has 3 amide bonds. The maximum atomic E-state index is 12.2. The first-order valence-corrected chi connectivity index (χ1v) is 52.5. The van der Waals surface area contributed by atoms with Crippen molar-refractivity contribution in [3.05, 3.63) is 240 Å². The van der Waals surface area contributed by atoms with E-state index in [1.54, 1.807) is 117 Å². The van der Waals surface area contributed by atoms with Crippen molar-refractivity contribution in [3.63, 3.8) is 0 Å². The second-order valence-corrected chi connectivity index (χ2v) is 41.6. The number of hydrogen-bond donors (Lipinski definition) is 5. The van der Waals surface area contributed by atoms with E-state index < -0.39 is 51.4 Å². The topological polar surface area (TPSA) is 424 Å². The predicted molar refractivity (Wildman–Crippen MR) is 556 cm³/mol. The summed E-state index contributed by atoms with van der Waals surface area (Å²) in [6.45, 7) is 19.0. The zero-order valence-corrected chi connectivity index (χ0v) is 84.0. The van der Waals surface area contributed by atoms with E-state index >= 15 is 0 Å². The second kappa shape index (κ2) is 44.4. The van der Waals surface area contributed by atoms with E-state index in [2.05, 4.69) is 105 Å². The van der Waals surface area contributed by atoms with Crippen LogP contribution in [0.4, 0.5) is 33.2 Å². The molecule has 1 saturated carbocycles. The number of hydrogen-bond acceptors (Lipinski definition) is 20. The molecule has 0 bridgehead atoms. The van der Waals surface area contributed by atoms with Gasteiger partial charge in [-0.3, -0.25) is 33.9 Å². The molecule has 10 aromatic carbocycles. The number of aryl methyl sites for hydroxylation is 5. The Labute approximate surface area is 821 Å². The Kier molecular flexibility index (Phi) is 32.3. The van der Waals surface area contributed by atoms with Gasteiger partial charge >= 0.3 is 6.03 Å². The number of ether oxygens (including phenoxy) is 5. The molecule has 1 aliphatic carbocycles. The van der Waals surface area contributed by atoms with Crippen molar-refractivity contribution in [3.8, 4) is 115 Å². The maximum Gasteiger partial charge on any atom is 0.329 e. The van der Waals surface area contributed by atoms with Crippen molar-refractivity contribution in [1.82, 2.24) is 28.2 Å². The number of aromatic nitrogens is 5. The lowest BCUT2D eigenvalue weighted by Crippen LogP contribution is -2.27. The van der Waals surface area contributed by atoms with Gasteiger partial charge in [0.05, 0.1) is 142 Å². The van der Waals surface area contributed by atoms with Crippen molar-refractivity contribution in [2.45, 2.75) is 137 Å². The molecular weight excluding hydrogens is 1870 g/mol. The number of nitriles is 5. The van der Waals surface area contributed by atoms with Crippen molar-refractivity contribution >= 4 is 135 Å². The lowest BCUT2D eigenvalue weighted by molar-refractivity contribution is -0.117. The molecule has 35 heteroatoms. The maximum absolute atomic E-state index is 12.2. The van der Waals surface area contributed by atoms with Crippen LogP contribution in [0.1, 0.15) is 122 Å². The number of methoxy groups -OCH3 is 5. The third-order valence-corrected chi connectivity index (χ3v) is 29.5. The zero-order chi connectivity index (χ0) is 102. The Bertz CT molecular complexity index is 7760. The average Bonchev–Trinajstić information content (AvgIpc) is 1.62. The third-order valence-electron chi connectivity index (χ3n) is 24.0. The van der Waals surface area contributed by atoms with Gasteiger partial charge in [0.1, 0.15) is 65.6 Å². The number of fused-ring (bicyclic) bond motifs is 5. The van der Waals surface area contributed by atoms with E-state index in [0.717, 1.165) is 188 Å². The van der Waals surface area contributed by atoms with Crippen LogP contribution in [0.15, 0.2) is 212 Å². The largest absolute Gasteiger partial charge is 0.497 e. The number of nitrogens with zero attached hydrogens (tertiary/aromatic N) is 11. The highest BCUT2D eigenvalue weighted by molar-refractivity contribution is 7.94. The van der Waals surface area contributed by atoms with E-state index in [0.29, 0.717) is 85.8 Å². The van der Waals surface area contributed by atoms with Crippen LogP contribution < -0.4 is 52.8 Å². The lowest BCUT2D eigenvalue weighted by Gasteiger charge is -2.14. The quantitative estimate of drug-likeness (QED) is 0.0252. The van der Waals surface area contributed by atoms with E-state index in [1.165, 1.54) is 4.90 Å². The summed E-state index contributed by atoms with van der Waals surface area (Å²) in [4.78, 5) is 24.7. The standard InChI is InChI=1S/C22H23N3O3S.C22H25N3O3S.C21H18N4O3.C21H23N3O3S.C20H21N3O3S/c1-3-12-25-21-11-8-17(28-2)13-19(21)20(14-23)22(25)15-4-6-16(7-5-15)24-29(26,27)18-9-10-18;1-5-12-25-21-11-10-18(28-4)13-19(21)20(14-23)22(25)16-6-8-17(9-7-16)24-29(26,27)15(2)3;1-3-24-18-10-15(28-2)8-9-16(18)17(11-22)20(24)13-4-6-14(7-5-13)25-12-19(26)23-21(25)27;1-4-12-24-20-11-10-17(27-3)13-18(20)19(14-22)21(24)15-6-8-16(9-7-15)23-28(25,26)5-2;1-4-11-23-19-10-9-16(26-2)12-17(19)18(13-21)20(23)14-5-7-15(8-6-14)22-27(3,24)25/h4-8,11,13,18,24H,3,9-10,12H2,1-2H3;6-11,13,15,24H,5,12H2,1-4H3;4-10H,3,12H2,1-2H3,(H,23,26,27);6-11,13,23H,4-5,12H2,1-3H3;5-10,12,22H,4,11H2,1-3H3. The van der Waals surface area contributed by atoms with E-state index in [4.69, 9.17) is 23.7 Å². The average molecular weight is 1980 g/mol. The van der Waals surface area contributed by atoms with Crippen LogP contribution in [-0.4, -0.2) is 133 Å². The molecule has 141 heavy (non-hydrogen) atoms. The lowest BCUT2D eigenvalue weighted by atomic mass is 10.1. The minimum absolute atomic E-state index is 0.0106. The molecule has 0 spiro atoms. The van der Waals surface area contributed by atoms with Gasteiger partial charge in [0.2, 0.25) is 46.0 Å². The van der Waals surface area contributed by atoms with Gasteiger partial charge in [0.25, 0.3) is 0 Å². The highest BCUT2D eigenvalue weighted by Gasteiger charge is 2.36. The van der Waals surface area contributed by atoms with Crippen molar-refractivity contribution in [2.24, 2.45) is 0 Å². The molecule has 5 aromatic heterocycles. The van der Waals surface area contributed by atoms with Gasteiger partial charge in [-0.15, -0.1) is 0 Å². The number of benzene rings is 10. The summed E-state index contributed by atoms with van der Waals surface area (Å²) < 4.78 is 142. The number of rotatable bonds is 31. The molecule has 2 fully saturated rings. The molecule has 2 aliphatic rings. The number of urea groups is 1. The Morgan fingerprint density at radius 2 is 0.667 bits per heavy atom. The Morgan fingerprint density at radius 3 is 0.950 bits per heavy atom. The summed E-state index contributed by atoms with van der Waals surface area (Å²) in [7, 11) is -5.33. The molecule has 15 aromatic rings. The number of nitrogens with one attached hydrogen (secondary N) is 5. The minimum Gasteiger partial charge on any atom is -0.497 e. The molecule has 0 radical (unpaired) electrons. The molecule has 6 heterocycles. The van der Waals surface area contributed by atoms with E-state index in [1.807, 2.05) is 159 Å². The number of amides is 3. The molecule has 0 unspecified atom stereocenters. The molecule has 1 saturated heterocycles. The van der Waals surface area contributed by atoms with Crippen LogP contribution in [0.5, 0.6) is 28.7 Å². The van der Waals surface area contributed by atoms with Crippen LogP contribution in [0.25, 0.3) is 111 Å². The van der Waals surface area contributed by atoms with E-state index in [-0.39, 0.29) is 23.5 Å². The van der Waals surface area contributed by atoms with Crippen LogP contribution in [0.3, 0.4) is 0 Å². The Hall–Kier alpha value is -15.7. The molecular formula is C106H110N16O15S4. The Morgan fingerprint density at radius 1 is 0.369 bits per heavy atom. The molecule has 1 aliphatic heterocycles. The molecule has 31 nitrogen and oxygen atoms in total. The monoisotopic (exact) mass is 1970 g/mol. The fourth-order valence-corrected chi connectivity index (χ4v) is 20.4. The first-order valence-electron chi connectivity index (χ1n) is 45.9. The predicted octanol–water partition coefficient (Wildman–Crippen LogP) is 20.8. The van der Waals surface area contributed by atoms with Crippen LogP contribution in [0.2, 0.25) is 0 Å². The first kappa shape index (κ1) is 103. The van der Waals surface area contributed by atoms with Gasteiger partial charge in [-0.05, 0) is 240 Å². The summed E-state index contributed by atoms with van der Waals surface area (Å²) in [5, 5.41) is 55.1. The van der Waals surface area contributed by atoms with Crippen molar-refractivity contribution in [1.29, 1.82) is 26.3 Å². The summed E-state index contributed by atoms with van der Waals surface area (Å²) in [5.41, 5.74) is 18.9. The van der Waals surface area contributed by atoms with Gasteiger partial charge in [0, 0.05) is 94.2 Å². The van der Waals surface area contributed by atoms with Gasteiger partial charge in [0.15, 0.2) is 0 Å². The second-order valence-electron chi connectivity index (χ2n) is 33.7. The fourth-order valence-electron chi connectivity index (χ4n) is 17.1. The summed E-state index contributed by atoms with van der Waals surface area (Å²) >= 11 is 0. The van der Waals surface area contributed by atoms with Crippen LogP contribution in [0, 0.1) is 56.7 Å². The van der Waals surface area contributed by atoms with E-state index in [9.17, 15) is 69.6 Å². The SMILES string of the molecule is CCCn1c(-c2ccc(NS(=O)(=O)C(C)C)cc2)c(C#N)c2cc(OC)ccc21.CCCn1c(-c2ccc(NS(=O)(=O)C3CC3)cc2)c(C#N)c2cc(OC)ccc21.CCCn1c(-c2ccc(NS(=O)(=O)CC)cc2)c(C#N)c2cc(OC)ccc21.CCCn1c(-c2ccc(NS(C)(=O)=O)cc2)c(C#N)c2cc(OC)ccc21.CCn1c(-c2ccc(N3CC(=O)NC3=O)cc2)c(C#N)c2ccc(OC)cc21. The minimum atomic E-state index is -3.41. The normalized spacial score (nSPS) is 12.4. The Balaban J connectivity index is 0.000000148. The third kappa shape index (κ3) is 22.5. The van der Waals surface area contributed by atoms with Crippen molar-refractivity contribution < 1.29 is 66.9 Å². The molecule has 0 atom stereocenters. The van der Waals surface area contributed by atoms with Gasteiger partial charge in [-0.2, -0.15) is 26.3 Å². The zero-order valence-electron chi connectivity index (χ0n) is 80.7. The molecule has 17 rings (SSSR count). The summed E-state index contributed by atoms with van der Waals surface area (Å²) in [6.07, 6.45) is 6.23.